The third kappa shape index (κ3) is 5.93. The molecule has 1 N–H and O–H groups in total. The second-order valence-electron chi connectivity index (χ2n) is 11.8. The van der Waals surface area contributed by atoms with Gasteiger partial charge in [0.05, 0.1) is 32.1 Å². The minimum atomic E-state index is -1.06. The number of rotatable bonds is 10. The van der Waals surface area contributed by atoms with Crippen molar-refractivity contribution in [2.24, 2.45) is 5.92 Å². The molecule has 2 aromatic carbocycles. The molecule has 0 unspecified atom stereocenters. The van der Waals surface area contributed by atoms with Crippen LogP contribution >= 0.6 is 0 Å². The number of hydrogen-bond donors (Lipinski definition) is 1. The van der Waals surface area contributed by atoms with E-state index in [9.17, 15) is 9.18 Å². The molecule has 8 nitrogen and oxygen atoms in total. The van der Waals surface area contributed by atoms with Crippen LogP contribution in [0.25, 0.3) is 11.0 Å². The summed E-state index contributed by atoms with van der Waals surface area (Å²) in [5.41, 5.74) is 2.14. The predicted octanol–water partition coefficient (Wildman–Crippen LogP) is 7.72. The highest BCUT2D eigenvalue weighted by Crippen LogP contribution is 2.45. The molecule has 1 saturated heterocycles. The van der Waals surface area contributed by atoms with Crippen LogP contribution in [0.15, 0.2) is 42.6 Å². The fourth-order valence-corrected chi connectivity index (χ4v) is 6.53. The van der Waals surface area contributed by atoms with Crippen LogP contribution in [0.2, 0.25) is 0 Å². The van der Waals surface area contributed by atoms with E-state index in [1.54, 1.807) is 12.3 Å². The number of nitrogens with one attached hydrogen (secondary N) is 1. The first-order valence-electron chi connectivity index (χ1n) is 15.5. The lowest BCUT2D eigenvalue weighted by atomic mass is 9.91. The number of ether oxygens (including phenoxy) is 2. The standard InChI is InChI=1S/C34H38F3N5O3/c1-4-5-7-21-10-13-40(14-11-21)15-12-24-17-26-31-22(19-38-33(26)39-24)20-41(34(43)42(31)25-9-6-8-23(35)16-25)32-29(36)27(44-2)18-28(45-3)30(32)37/h6,8-9,16-19,21H,4-5,7,10-15,20H2,1-3H3,(H,38,39). The van der Waals surface area contributed by atoms with Gasteiger partial charge in [0.25, 0.3) is 0 Å². The monoisotopic (exact) mass is 621 g/mol. The van der Waals surface area contributed by atoms with Crippen LogP contribution in [0, 0.1) is 23.4 Å². The van der Waals surface area contributed by atoms with E-state index in [-0.39, 0.29) is 23.7 Å². The second kappa shape index (κ2) is 13.0. The van der Waals surface area contributed by atoms with Crippen molar-refractivity contribution in [2.45, 2.75) is 52.0 Å². The molecule has 0 saturated carbocycles. The van der Waals surface area contributed by atoms with E-state index < -0.39 is 29.2 Å². The maximum atomic E-state index is 15.6. The summed E-state index contributed by atoms with van der Waals surface area (Å²) in [6.45, 7) is 5.12. The number of methoxy groups -OCH3 is 2. The molecule has 0 radical (unpaired) electrons. The normalized spacial score (nSPS) is 16.0. The molecule has 0 atom stereocenters. The number of amides is 2. The molecule has 2 aliphatic rings. The van der Waals surface area contributed by atoms with Gasteiger partial charge >= 0.3 is 6.03 Å². The molecule has 2 aromatic heterocycles. The van der Waals surface area contributed by atoms with Gasteiger partial charge in [0, 0.05) is 41.9 Å². The molecule has 2 amide bonds. The van der Waals surface area contributed by atoms with E-state index in [0.29, 0.717) is 22.3 Å². The Hall–Kier alpha value is -4.25. The Bertz CT molecular complexity index is 1670. The highest BCUT2D eigenvalue weighted by atomic mass is 19.1. The number of aromatic nitrogens is 2. The zero-order valence-electron chi connectivity index (χ0n) is 25.8. The molecular weight excluding hydrogens is 583 g/mol. The molecule has 1 fully saturated rings. The van der Waals surface area contributed by atoms with E-state index in [2.05, 4.69) is 21.8 Å². The Kier molecular flexibility index (Phi) is 8.89. The van der Waals surface area contributed by atoms with Crippen molar-refractivity contribution in [3.8, 4) is 11.5 Å². The first-order chi connectivity index (χ1) is 21.8. The van der Waals surface area contributed by atoms with Crippen molar-refractivity contribution in [3.63, 3.8) is 0 Å². The number of piperidine rings is 1. The quantitative estimate of drug-likeness (QED) is 0.196. The summed E-state index contributed by atoms with van der Waals surface area (Å²) >= 11 is 0. The number of nitrogens with zero attached hydrogens (tertiary/aromatic N) is 4. The lowest BCUT2D eigenvalue weighted by Gasteiger charge is -2.37. The lowest BCUT2D eigenvalue weighted by Crippen LogP contribution is -2.46. The van der Waals surface area contributed by atoms with E-state index in [0.717, 1.165) is 48.6 Å². The van der Waals surface area contributed by atoms with Crippen LogP contribution in [0.5, 0.6) is 11.5 Å². The number of fused-ring (bicyclic) bond motifs is 3. The van der Waals surface area contributed by atoms with Gasteiger partial charge in [-0.15, -0.1) is 0 Å². The summed E-state index contributed by atoms with van der Waals surface area (Å²) in [5, 5.41) is 0.669. The Morgan fingerprint density at radius 1 is 1.00 bits per heavy atom. The molecular formula is C34H38F3N5O3. The highest BCUT2D eigenvalue weighted by molar-refractivity contribution is 6.15. The molecule has 11 heteroatoms. The van der Waals surface area contributed by atoms with Gasteiger partial charge in [-0.3, -0.25) is 9.80 Å². The van der Waals surface area contributed by atoms with Gasteiger partial charge in [-0.25, -0.2) is 22.9 Å². The number of hydrogen-bond acceptors (Lipinski definition) is 5. The number of benzene rings is 2. The Morgan fingerprint density at radius 2 is 1.73 bits per heavy atom. The number of anilines is 3. The summed E-state index contributed by atoms with van der Waals surface area (Å²) in [7, 11) is 2.48. The number of urea groups is 1. The maximum Gasteiger partial charge on any atom is 0.334 e. The Balaban J connectivity index is 1.36. The maximum absolute atomic E-state index is 15.6. The number of halogens is 3. The second-order valence-corrected chi connectivity index (χ2v) is 11.8. The summed E-state index contributed by atoms with van der Waals surface area (Å²) in [4.78, 5) is 27.0. The minimum absolute atomic E-state index is 0.180. The van der Waals surface area contributed by atoms with Gasteiger partial charge in [-0.2, -0.15) is 0 Å². The average Bonchev–Trinajstić information content (AvgIpc) is 3.47. The van der Waals surface area contributed by atoms with Crippen LogP contribution in [-0.2, 0) is 13.0 Å². The zero-order valence-corrected chi connectivity index (χ0v) is 25.8. The number of carbonyl (C=O) groups excluding carboxylic acids is 1. The molecule has 45 heavy (non-hydrogen) atoms. The molecule has 0 spiro atoms. The number of H-pyrrole nitrogens is 1. The van der Waals surface area contributed by atoms with Crippen LogP contribution < -0.4 is 19.3 Å². The smallest absolute Gasteiger partial charge is 0.334 e. The van der Waals surface area contributed by atoms with Gasteiger partial charge in [-0.1, -0.05) is 32.3 Å². The predicted molar refractivity (Wildman–Crippen MR) is 168 cm³/mol. The molecule has 238 valence electrons. The number of carbonyl (C=O) groups is 1. The van der Waals surface area contributed by atoms with Crippen molar-refractivity contribution < 1.29 is 27.4 Å². The van der Waals surface area contributed by atoms with Crippen molar-refractivity contribution in [2.75, 3.05) is 43.7 Å². The number of likely N-dealkylation sites (tertiary alicyclic amines) is 1. The molecule has 2 aliphatic heterocycles. The van der Waals surface area contributed by atoms with Gasteiger partial charge in [-0.05, 0) is 56.1 Å². The highest BCUT2D eigenvalue weighted by Gasteiger charge is 2.39. The van der Waals surface area contributed by atoms with Crippen molar-refractivity contribution in [3.05, 3.63) is 71.3 Å². The number of pyridine rings is 1. The first-order valence-corrected chi connectivity index (χ1v) is 15.5. The molecule has 4 aromatic rings. The van der Waals surface area contributed by atoms with Gasteiger partial charge < -0.3 is 19.4 Å². The summed E-state index contributed by atoms with van der Waals surface area (Å²) in [5.74, 6) is -2.42. The zero-order chi connectivity index (χ0) is 31.7. The summed E-state index contributed by atoms with van der Waals surface area (Å²) < 4.78 is 56.0. The SMILES string of the molecule is CCCCC1CCN(CCc2cc3c4c(cnc3[nH]2)CN(c2c(F)c(OC)cc(OC)c2F)C(=O)N4c2cccc(F)c2)CC1. The van der Waals surface area contributed by atoms with Crippen molar-refractivity contribution in [1.82, 2.24) is 14.9 Å². The van der Waals surface area contributed by atoms with E-state index in [1.165, 1.54) is 69.4 Å². The van der Waals surface area contributed by atoms with Crippen LogP contribution in [0.3, 0.4) is 0 Å². The third-order valence-electron chi connectivity index (χ3n) is 8.99. The van der Waals surface area contributed by atoms with Crippen LogP contribution in [-0.4, -0.2) is 54.8 Å². The van der Waals surface area contributed by atoms with E-state index >= 15 is 8.78 Å². The van der Waals surface area contributed by atoms with Crippen molar-refractivity contribution >= 4 is 34.1 Å². The van der Waals surface area contributed by atoms with Crippen molar-refractivity contribution in [1.29, 1.82) is 0 Å². The number of unbranched alkanes of at least 4 members (excludes halogenated alkanes) is 1. The molecule has 6 rings (SSSR count). The number of aromatic amines is 1. The lowest BCUT2D eigenvalue weighted by molar-refractivity contribution is 0.179. The fourth-order valence-electron chi connectivity index (χ4n) is 6.53. The molecule has 4 heterocycles. The van der Waals surface area contributed by atoms with Gasteiger partial charge in [0.2, 0.25) is 0 Å². The van der Waals surface area contributed by atoms with E-state index in [1.807, 2.05) is 6.07 Å². The summed E-state index contributed by atoms with van der Waals surface area (Å²) in [6.07, 6.45) is 8.64. The van der Waals surface area contributed by atoms with Crippen LogP contribution in [0.4, 0.5) is 35.0 Å². The molecule has 0 aliphatic carbocycles. The Morgan fingerprint density at radius 3 is 2.40 bits per heavy atom. The Labute approximate surface area is 260 Å². The van der Waals surface area contributed by atoms with Gasteiger partial charge in [0.15, 0.2) is 23.1 Å². The first kappa shape index (κ1) is 30.8. The topological polar surface area (TPSA) is 73.9 Å². The van der Waals surface area contributed by atoms with E-state index in [4.69, 9.17) is 9.47 Å². The largest absolute Gasteiger partial charge is 0.493 e. The van der Waals surface area contributed by atoms with Crippen LogP contribution in [0.1, 0.15) is 50.3 Å². The average molecular weight is 622 g/mol. The fraction of sp³-hybridized carbons (Fsp3) is 0.412. The third-order valence-corrected chi connectivity index (χ3v) is 8.99. The molecule has 0 bridgehead atoms. The summed E-state index contributed by atoms with van der Waals surface area (Å²) in [6, 6.07) is 7.85. The van der Waals surface area contributed by atoms with Gasteiger partial charge in [0.1, 0.15) is 17.2 Å². The minimum Gasteiger partial charge on any atom is -0.493 e.